The third-order valence-electron chi connectivity index (χ3n) is 13.0. The number of carbonyl (C=O) groups is 3. The van der Waals surface area contributed by atoms with E-state index in [0.717, 1.165) is 74.2 Å². The van der Waals surface area contributed by atoms with Crippen LogP contribution in [0.2, 0.25) is 0 Å². The fourth-order valence-corrected chi connectivity index (χ4v) is 13.0. The summed E-state index contributed by atoms with van der Waals surface area (Å²) < 4.78 is 0. The van der Waals surface area contributed by atoms with Crippen molar-refractivity contribution in [3.8, 4) is 0 Å². The first-order chi connectivity index (χ1) is 29.0. The van der Waals surface area contributed by atoms with E-state index in [0.29, 0.717) is 5.69 Å². The highest BCUT2D eigenvalue weighted by atomic mass is 32.2. The first-order valence-electron chi connectivity index (χ1n) is 19.9. The van der Waals surface area contributed by atoms with Gasteiger partial charge < -0.3 is 0 Å². The molecule has 2 aliphatic carbocycles. The monoisotopic (exact) mass is 795 g/mol. The zero-order valence-electron chi connectivity index (χ0n) is 31.5. The minimum absolute atomic E-state index is 0.101. The van der Waals surface area contributed by atoms with Crippen LogP contribution in [0.25, 0.3) is 32.3 Å². The van der Waals surface area contributed by atoms with Gasteiger partial charge in [0.05, 0.1) is 28.4 Å². The molecule has 9 aromatic rings. The lowest BCUT2D eigenvalue weighted by Gasteiger charge is -2.38. The molecule has 280 valence electrons. The van der Waals surface area contributed by atoms with Gasteiger partial charge in [0.2, 0.25) is 11.8 Å². The fourth-order valence-electron chi connectivity index (χ4n) is 11.0. The Hall–Kier alpha value is -6.47. The van der Waals surface area contributed by atoms with Crippen LogP contribution in [-0.4, -0.2) is 17.6 Å². The molecule has 59 heavy (non-hydrogen) atoms. The predicted molar refractivity (Wildman–Crippen MR) is 237 cm³/mol. The molecule has 12 rings (SSSR count). The second kappa shape index (κ2) is 12.8. The summed E-state index contributed by atoms with van der Waals surface area (Å²) in [6.45, 7) is 0. The van der Waals surface area contributed by atoms with Crippen LogP contribution in [0.1, 0.15) is 22.3 Å². The highest BCUT2D eigenvalue weighted by molar-refractivity contribution is 8.00. The van der Waals surface area contributed by atoms with Crippen LogP contribution in [-0.2, 0) is 25.2 Å². The minimum Gasteiger partial charge on any atom is -0.297 e. The van der Waals surface area contributed by atoms with Crippen molar-refractivity contribution in [2.45, 2.75) is 30.4 Å². The van der Waals surface area contributed by atoms with Gasteiger partial charge in [-0.2, -0.15) is 0 Å². The molecule has 2 bridgehead atoms. The maximum Gasteiger partial charge on any atom is 0.239 e. The third-order valence-corrected chi connectivity index (χ3v) is 15.1. The largest absolute Gasteiger partial charge is 0.297 e. The van der Waals surface area contributed by atoms with Crippen molar-refractivity contribution in [1.82, 2.24) is 0 Å². The van der Waals surface area contributed by atoms with Gasteiger partial charge in [-0.3, -0.25) is 14.4 Å². The van der Waals surface area contributed by atoms with Gasteiger partial charge in [-0.15, -0.1) is 0 Å². The van der Waals surface area contributed by atoms with Crippen molar-refractivity contribution in [3.63, 3.8) is 0 Å². The van der Waals surface area contributed by atoms with Crippen LogP contribution in [0.3, 0.4) is 0 Å². The fraction of sp³-hybridized carbons (Fsp3) is 0.0755. The molecule has 2 fully saturated rings. The van der Waals surface area contributed by atoms with E-state index in [4.69, 9.17) is 0 Å². The van der Waals surface area contributed by atoms with Gasteiger partial charge in [-0.1, -0.05) is 175 Å². The zero-order chi connectivity index (χ0) is 39.5. The summed E-state index contributed by atoms with van der Waals surface area (Å²) in [7, 11) is 0. The van der Waals surface area contributed by atoms with Crippen molar-refractivity contribution in [2.75, 3.05) is 4.90 Å². The Balaban J connectivity index is 1.20. The van der Waals surface area contributed by atoms with E-state index < -0.39 is 22.7 Å². The Morgan fingerprint density at radius 3 is 1.22 bits per heavy atom. The average Bonchev–Trinajstić information content (AvgIpc) is 3.79. The van der Waals surface area contributed by atoms with Gasteiger partial charge in [0.1, 0.15) is 0 Å². The van der Waals surface area contributed by atoms with E-state index in [2.05, 4.69) is 48.5 Å². The van der Waals surface area contributed by atoms with Crippen molar-refractivity contribution in [3.05, 3.63) is 210 Å². The molecule has 6 heteroatoms. The number of anilines is 1. The van der Waals surface area contributed by atoms with Crippen LogP contribution in [0, 0.1) is 11.8 Å². The first kappa shape index (κ1) is 34.6. The second-order valence-corrected chi connectivity index (χ2v) is 17.9. The van der Waals surface area contributed by atoms with Gasteiger partial charge in [0.25, 0.3) is 0 Å². The van der Waals surface area contributed by atoms with Gasteiger partial charge in [-0.05, 0) is 91.0 Å². The van der Waals surface area contributed by atoms with Crippen LogP contribution >= 0.6 is 23.5 Å². The molecule has 0 spiro atoms. The highest BCUT2D eigenvalue weighted by Crippen LogP contribution is 2.73. The molecule has 9 aromatic carbocycles. The maximum atomic E-state index is 16.6. The Bertz CT molecular complexity index is 2980. The quantitative estimate of drug-likeness (QED) is 0.119. The molecule has 1 saturated heterocycles. The smallest absolute Gasteiger partial charge is 0.239 e. The minimum atomic E-state index is -1.46. The van der Waals surface area contributed by atoms with E-state index in [1.807, 2.05) is 140 Å². The molecule has 4 atom stereocenters. The lowest BCUT2D eigenvalue weighted by molar-refractivity contribution is -0.130. The SMILES string of the molecule is O=C1[C@@H]2[C@H](C(=O)N1c1c(Sc3ccccc3)cccc1Sc1ccccc1)[C@@]1(c3ccccc3)C(=O)[C@]2(c2ccccc2)c2c1c1cccc3ccc4cccc2c4c31. The third kappa shape index (κ3) is 4.45. The van der Waals surface area contributed by atoms with Crippen LogP contribution in [0.4, 0.5) is 5.69 Å². The molecule has 0 aromatic heterocycles. The van der Waals surface area contributed by atoms with Crippen molar-refractivity contribution < 1.29 is 14.4 Å². The van der Waals surface area contributed by atoms with Crippen molar-refractivity contribution in [2.24, 2.45) is 11.8 Å². The number of para-hydroxylation sites is 1. The number of nitrogens with zero attached hydrogens (tertiary/aromatic N) is 1. The average molecular weight is 796 g/mol. The second-order valence-electron chi connectivity index (χ2n) is 15.7. The van der Waals surface area contributed by atoms with Crippen molar-refractivity contribution in [1.29, 1.82) is 0 Å². The summed E-state index contributed by atoms with van der Waals surface area (Å²) in [5.74, 6) is -2.80. The summed E-state index contributed by atoms with van der Waals surface area (Å²) in [5, 5.41) is 6.21. The standard InChI is InChI=1S/C53H33NO3S2/c55-49-46-47(50(56)54(49)48-40(58-36-22-9-3-10-23-36)28-15-29-41(48)59-37-24-11-4-12-25-37)53(35-20-7-2-8-21-35)45-39-27-14-17-33-31-30-32-16-13-26-38(42(32)43(33)39)44(45)52(46,51(53)57)34-18-5-1-6-19-34/h1-31,46-47H/t46-,47+,52+,53-. The topological polar surface area (TPSA) is 54.5 Å². The van der Waals surface area contributed by atoms with Gasteiger partial charge in [0.15, 0.2) is 5.78 Å². The number of carbonyl (C=O) groups excluding carboxylic acids is 3. The van der Waals surface area contributed by atoms with Crippen LogP contribution < -0.4 is 4.90 Å². The molecule has 1 saturated carbocycles. The summed E-state index contributed by atoms with van der Waals surface area (Å²) in [6.07, 6.45) is 0. The Morgan fingerprint density at radius 2 is 0.797 bits per heavy atom. The first-order valence-corrected chi connectivity index (χ1v) is 21.5. The number of ketones is 1. The molecule has 2 amide bonds. The zero-order valence-corrected chi connectivity index (χ0v) is 33.2. The Kier molecular flexibility index (Phi) is 7.48. The molecule has 3 aliphatic rings. The lowest BCUT2D eigenvalue weighted by Crippen LogP contribution is -2.45. The number of imide groups is 1. The summed E-state index contributed by atoms with van der Waals surface area (Å²) in [4.78, 5) is 53.9. The van der Waals surface area contributed by atoms with E-state index in [1.165, 1.54) is 28.4 Å². The molecular formula is C53H33NO3S2. The molecule has 0 N–H and O–H groups in total. The van der Waals surface area contributed by atoms with E-state index in [-0.39, 0.29) is 17.6 Å². The Labute approximate surface area is 349 Å². The highest BCUT2D eigenvalue weighted by Gasteiger charge is 2.82. The van der Waals surface area contributed by atoms with E-state index >= 15 is 14.4 Å². The molecule has 1 aliphatic heterocycles. The van der Waals surface area contributed by atoms with Crippen LogP contribution in [0.5, 0.6) is 0 Å². The van der Waals surface area contributed by atoms with Gasteiger partial charge in [0, 0.05) is 19.6 Å². The van der Waals surface area contributed by atoms with Gasteiger partial charge >= 0.3 is 0 Å². The molecule has 0 radical (unpaired) electrons. The summed E-state index contributed by atoms with van der Waals surface area (Å²) in [5.41, 5.74) is 0.811. The number of rotatable bonds is 7. The number of hydrogen-bond donors (Lipinski definition) is 0. The normalized spacial score (nSPS) is 21.9. The molecule has 4 nitrogen and oxygen atoms in total. The number of benzene rings is 9. The van der Waals surface area contributed by atoms with Crippen LogP contribution in [0.15, 0.2) is 208 Å². The summed E-state index contributed by atoms with van der Waals surface area (Å²) in [6, 6.07) is 62.6. The van der Waals surface area contributed by atoms with E-state index in [1.54, 1.807) is 0 Å². The molecular weight excluding hydrogens is 763 g/mol. The predicted octanol–water partition coefficient (Wildman–Crippen LogP) is 11.9. The summed E-state index contributed by atoms with van der Waals surface area (Å²) >= 11 is 3.07. The number of fused-ring (bicyclic) bond motifs is 10. The number of Topliss-reactive ketones (excluding diaryl/α,β-unsaturated/α-hetero) is 1. The Morgan fingerprint density at radius 1 is 0.407 bits per heavy atom. The number of amides is 2. The number of hydrogen-bond acceptors (Lipinski definition) is 5. The van der Waals surface area contributed by atoms with Gasteiger partial charge in [-0.25, -0.2) is 4.90 Å². The maximum absolute atomic E-state index is 16.6. The molecule has 0 unspecified atom stereocenters. The van der Waals surface area contributed by atoms with E-state index in [9.17, 15) is 0 Å². The molecule has 1 heterocycles. The van der Waals surface area contributed by atoms with Crippen molar-refractivity contribution >= 4 is 79.1 Å². The lowest BCUT2D eigenvalue weighted by atomic mass is 9.59.